The van der Waals surface area contributed by atoms with Gasteiger partial charge in [0.1, 0.15) is 5.60 Å². The van der Waals surface area contributed by atoms with Crippen molar-refractivity contribution in [1.82, 2.24) is 0 Å². The van der Waals surface area contributed by atoms with Crippen LogP contribution in [0.5, 0.6) is 0 Å². The average molecular weight is 335 g/mol. The second-order valence-corrected chi connectivity index (χ2v) is 9.14. The van der Waals surface area contributed by atoms with E-state index in [-0.39, 0.29) is 29.8 Å². The summed E-state index contributed by atoms with van der Waals surface area (Å²) in [6.07, 6.45) is 9.45. The zero-order valence-electron chi connectivity index (χ0n) is 15.0. The minimum atomic E-state index is -0.545. The molecule has 0 heterocycles. The zero-order valence-corrected chi connectivity index (χ0v) is 15.0. The molecular weight excluding hydrogens is 306 g/mol. The summed E-state index contributed by atoms with van der Waals surface area (Å²) in [6, 6.07) is 0. The number of carbonyl (C=O) groups excluding carboxylic acids is 1. The molecular formula is C19H29NO4. The van der Waals surface area contributed by atoms with Crippen LogP contribution < -0.4 is 0 Å². The molecule has 0 aromatic carbocycles. The summed E-state index contributed by atoms with van der Waals surface area (Å²) in [5.41, 5.74) is 0.401. The molecule has 0 radical (unpaired) electrons. The van der Waals surface area contributed by atoms with E-state index in [4.69, 9.17) is 4.74 Å². The van der Waals surface area contributed by atoms with Crippen LogP contribution in [0, 0.1) is 33.3 Å². The lowest BCUT2D eigenvalue weighted by Gasteiger charge is -2.49. The Balaban J connectivity index is 1.68. The molecule has 3 aliphatic rings. The van der Waals surface area contributed by atoms with E-state index in [0.717, 1.165) is 25.2 Å². The van der Waals surface area contributed by atoms with Crippen molar-refractivity contribution in [2.75, 3.05) is 6.54 Å². The molecule has 0 N–H and O–H groups in total. The van der Waals surface area contributed by atoms with Crippen LogP contribution in [0.3, 0.4) is 0 Å². The van der Waals surface area contributed by atoms with E-state index < -0.39 is 11.0 Å². The average Bonchev–Trinajstić information content (AvgIpc) is 2.68. The molecule has 5 nitrogen and oxygen atoms in total. The lowest BCUT2D eigenvalue weighted by molar-refractivity contribution is -0.506. The number of esters is 1. The third kappa shape index (κ3) is 3.65. The third-order valence-corrected chi connectivity index (χ3v) is 5.96. The summed E-state index contributed by atoms with van der Waals surface area (Å²) >= 11 is 0. The Labute approximate surface area is 144 Å². The van der Waals surface area contributed by atoms with Crippen molar-refractivity contribution < 1.29 is 14.5 Å². The fourth-order valence-electron chi connectivity index (χ4n) is 4.85. The number of hydrogen-bond donors (Lipinski definition) is 0. The van der Waals surface area contributed by atoms with E-state index in [2.05, 4.69) is 6.08 Å². The predicted octanol–water partition coefficient (Wildman–Crippen LogP) is 4.14. The van der Waals surface area contributed by atoms with Gasteiger partial charge in [-0.3, -0.25) is 14.9 Å². The summed E-state index contributed by atoms with van der Waals surface area (Å²) in [4.78, 5) is 23.2. The largest absolute Gasteiger partial charge is 0.460 e. The first-order valence-electron chi connectivity index (χ1n) is 9.20. The second kappa shape index (κ2) is 6.16. The van der Waals surface area contributed by atoms with E-state index in [1.165, 1.54) is 24.8 Å². The highest BCUT2D eigenvalue weighted by atomic mass is 16.6. The smallest absolute Gasteiger partial charge is 0.307 e. The van der Waals surface area contributed by atoms with Gasteiger partial charge in [0.25, 0.3) is 0 Å². The van der Waals surface area contributed by atoms with Crippen LogP contribution in [-0.2, 0) is 9.53 Å². The summed E-state index contributed by atoms with van der Waals surface area (Å²) in [6.45, 7) is 5.38. The number of allylic oxidation sites excluding steroid dienone is 2. The van der Waals surface area contributed by atoms with Gasteiger partial charge in [-0.05, 0) is 57.8 Å². The fraction of sp³-hybridized carbons (Fsp3) is 0.842. The molecule has 2 saturated carbocycles. The van der Waals surface area contributed by atoms with Gasteiger partial charge in [0.15, 0.2) is 0 Å². The Hall–Kier alpha value is -1.39. The van der Waals surface area contributed by atoms with Crippen LogP contribution in [0.15, 0.2) is 11.6 Å². The zero-order chi connectivity index (χ0) is 17.5. The fourth-order valence-corrected chi connectivity index (χ4v) is 4.85. The van der Waals surface area contributed by atoms with Crippen molar-refractivity contribution in [1.29, 1.82) is 0 Å². The molecule has 0 aromatic rings. The number of carbonyl (C=O) groups is 1. The van der Waals surface area contributed by atoms with E-state index >= 15 is 0 Å². The Morgan fingerprint density at radius 1 is 1.42 bits per heavy atom. The molecule has 0 unspecified atom stereocenters. The Morgan fingerprint density at radius 3 is 2.67 bits per heavy atom. The van der Waals surface area contributed by atoms with E-state index in [1.54, 1.807) is 0 Å². The van der Waals surface area contributed by atoms with Crippen LogP contribution in [-0.4, -0.2) is 23.0 Å². The summed E-state index contributed by atoms with van der Waals surface area (Å²) in [5.74, 6) is 1.21. The standard InChI is InChI=1S/C19H29NO4/c1-18(2,3)24-17(21)11-19(12-20(22)23)10-15-8-14(9-16(15)19)7-13-5-4-6-13/h9,13,15-16H,4-8,10-12H2,1-3H3/t15-,16-,19-/m0/s1. The third-order valence-electron chi connectivity index (χ3n) is 5.96. The van der Waals surface area contributed by atoms with Crippen LogP contribution in [0.4, 0.5) is 0 Å². The van der Waals surface area contributed by atoms with Crippen LogP contribution in [0.2, 0.25) is 0 Å². The summed E-state index contributed by atoms with van der Waals surface area (Å²) in [7, 11) is 0. The summed E-state index contributed by atoms with van der Waals surface area (Å²) in [5, 5.41) is 11.2. The van der Waals surface area contributed by atoms with E-state index in [1.807, 2.05) is 20.8 Å². The highest BCUT2D eigenvalue weighted by Crippen LogP contribution is 2.60. The van der Waals surface area contributed by atoms with Crippen molar-refractivity contribution in [3.05, 3.63) is 21.8 Å². The van der Waals surface area contributed by atoms with Gasteiger partial charge < -0.3 is 4.74 Å². The van der Waals surface area contributed by atoms with Crippen molar-refractivity contribution in [2.45, 2.75) is 71.3 Å². The van der Waals surface area contributed by atoms with E-state index in [9.17, 15) is 14.9 Å². The van der Waals surface area contributed by atoms with Gasteiger partial charge in [0.05, 0.1) is 11.8 Å². The molecule has 0 spiro atoms. The molecule has 0 bridgehead atoms. The number of fused-ring (bicyclic) bond motifs is 1. The maximum atomic E-state index is 12.3. The van der Waals surface area contributed by atoms with Crippen molar-refractivity contribution in [2.24, 2.45) is 23.2 Å². The van der Waals surface area contributed by atoms with Crippen molar-refractivity contribution in [3.8, 4) is 0 Å². The van der Waals surface area contributed by atoms with Gasteiger partial charge in [-0.15, -0.1) is 0 Å². The molecule has 3 rings (SSSR count). The lowest BCUT2D eigenvalue weighted by atomic mass is 9.53. The number of hydrogen-bond acceptors (Lipinski definition) is 4. The monoisotopic (exact) mass is 335 g/mol. The second-order valence-electron chi connectivity index (χ2n) is 9.14. The van der Waals surface area contributed by atoms with Crippen LogP contribution in [0.1, 0.15) is 65.7 Å². The predicted molar refractivity (Wildman–Crippen MR) is 91.0 cm³/mol. The molecule has 134 valence electrons. The van der Waals surface area contributed by atoms with Gasteiger partial charge in [-0.25, -0.2) is 0 Å². The van der Waals surface area contributed by atoms with Crippen molar-refractivity contribution >= 4 is 5.97 Å². The molecule has 0 aliphatic heterocycles. The van der Waals surface area contributed by atoms with Crippen LogP contribution >= 0.6 is 0 Å². The van der Waals surface area contributed by atoms with Crippen molar-refractivity contribution in [3.63, 3.8) is 0 Å². The maximum absolute atomic E-state index is 12.3. The lowest BCUT2D eigenvalue weighted by Crippen LogP contribution is -2.51. The number of nitro groups is 1. The molecule has 0 aromatic heterocycles. The molecule has 3 atom stereocenters. The molecule has 2 fully saturated rings. The van der Waals surface area contributed by atoms with Crippen LogP contribution in [0.25, 0.3) is 0 Å². The highest BCUT2D eigenvalue weighted by molar-refractivity contribution is 5.71. The van der Waals surface area contributed by atoms with E-state index in [0.29, 0.717) is 5.92 Å². The molecule has 5 heteroatoms. The normalized spacial score (nSPS) is 32.4. The number of ether oxygens (including phenoxy) is 1. The number of nitrogens with zero attached hydrogens (tertiary/aromatic N) is 1. The van der Waals surface area contributed by atoms with Gasteiger partial charge in [0, 0.05) is 4.92 Å². The molecule has 3 aliphatic carbocycles. The minimum Gasteiger partial charge on any atom is -0.460 e. The molecule has 0 saturated heterocycles. The molecule has 0 amide bonds. The van der Waals surface area contributed by atoms with Gasteiger partial charge in [-0.1, -0.05) is 30.9 Å². The first kappa shape index (κ1) is 17.4. The maximum Gasteiger partial charge on any atom is 0.307 e. The quantitative estimate of drug-likeness (QED) is 0.317. The topological polar surface area (TPSA) is 69.4 Å². The molecule has 24 heavy (non-hydrogen) atoms. The Bertz CT molecular complexity index is 558. The minimum absolute atomic E-state index is 0.124. The Morgan fingerprint density at radius 2 is 2.12 bits per heavy atom. The SMILES string of the molecule is CC(C)(C)OC(=O)C[C@]1(C[N+](=O)[O-])C[C@@H]2CC(CC3CCC3)=C[C@@H]21. The Kier molecular flexibility index (Phi) is 4.47. The number of rotatable bonds is 6. The van der Waals surface area contributed by atoms with Gasteiger partial charge >= 0.3 is 5.97 Å². The first-order valence-corrected chi connectivity index (χ1v) is 9.20. The first-order chi connectivity index (χ1) is 11.2. The highest BCUT2D eigenvalue weighted by Gasteiger charge is 2.59. The van der Waals surface area contributed by atoms with Gasteiger partial charge in [-0.2, -0.15) is 0 Å². The summed E-state index contributed by atoms with van der Waals surface area (Å²) < 4.78 is 5.43. The van der Waals surface area contributed by atoms with Gasteiger partial charge in [0.2, 0.25) is 6.54 Å².